The summed E-state index contributed by atoms with van der Waals surface area (Å²) in [6.07, 6.45) is 5.14. The van der Waals surface area contributed by atoms with Gasteiger partial charge in [-0.15, -0.1) is 0 Å². The Morgan fingerprint density at radius 3 is 2.62 bits per heavy atom. The van der Waals surface area contributed by atoms with E-state index in [0.29, 0.717) is 16.6 Å². The minimum atomic E-state index is 0.291. The number of anilines is 1. The van der Waals surface area contributed by atoms with E-state index in [1.165, 1.54) is 17.4 Å². The molecular formula is C16H19ClN4. The average Bonchev–Trinajstić information content (AvgIpc) is 2.35. The van der Waals surface area contributed by atoms with Gasteiger partial charge in [-0.3, -0.25) is 0 Å². The van der Waals surface area contributed by atoms with Crippen molar-refractivity contribution < 1.29 is 0 Å². The maximum atomic E-state index is 6.11. The highest BCUT2D eigenvalue weighted by Crippen LogP contribution is 2.41. The van der Waals surface area contributed by atoms with Gasteiger partial charge in [-0.05, 0) is 29.4 Å². The van der Waals surface area contributed by atoms with Gasteiger partial charge in [-0.2, -0.15) is 0 Å². The lowest BCUT2D eigenvalue weighted by Gasteiger charge is -2.59. The number of aromatic nitrogens is 2. The zero-order valence-electron chi connectivity index (χ0n) is 12.4. The van der Waals surface area contributed by atoms with Crippen LogP contribution in [0.3, 0.4) is 0 Å². The first-order valence-electron chi connectivity index (χ1n) is 7.53. The van der Waals surface area contributed by atoms with Crippen molar-refractivity contribution in [3.8, 4) is 0 Å². The third-order valence-corrected chi connectivity index (χ3v) is 5.11. The molecule has 2 aliphatic heterocycles. The first-order valence-corrected chi connectivity index (χ1v) is 7.91. The second kappa shape index (κ2) is 4.55. The Morgan fingerprint density at radius 1 is 1.24 bits per heavy atom. The number of nitrogens with one attached hydrogen (secondary N) is 1. The summed E-state index contributed by atoms with van der Waals surface area (Å²) in [5, 5.41) is 6.24. The molecule has 0 aromatic carbocycles. The van der Waals surface area contributed by atoms with Crippen molar-refractivity contribution in [2.75, 3.05) is 24.5 Å². The van der Waals surface area contributed by atoms with Crippen molar-refractivity contribution in [3.63, 3.8) is 0 Å². The predicted octanol–water partition coefficient (Wildman–Crippen LogP) is 2.96. The molecule has 0 radical (unpaired) electrons. The molecule has 0 aliphatic carbocycles. The van der Waals surface area contributed by atoms with Crippen LogP contribution in [0.1, 0.15) is 31.7 Å². The van der Waals surface area contributed by atoms with Crippen molar-refractivity contribution in [1.82, 2.24) is 15.3 Å². The molecule has 110 valence electrons. The number of halogens is 1. The Morgan fingerprint density at radius 2 is 2.05 bits per heavy atom. The second-order valence-electron chi connectivity index (χ2n) is 6.47. The molecule has 1 N–H and O–H groups in total. The number of hydrogen-bond donors (Lipinski definition) is 1. The van der Waals surface area contributed by atoms with Crippen LogP contribution < -0.4 is 10.2 Å². The van der Waals surface area contributed by atoms with Crippen LogP contribution in [0.2, 0.25) is 5.15 Å². The molecule has 21 heavy (non-hydrogen) atoms. The van der Waals surface area contributed by atoms with Gasteiger partial charge in [0.15, 0.2) is 0 Å². The molecule has 2 saturated heterocycles. The van der Waals surface area contributed by atoms with Crippen LogP contribution in [-0.2, 0) is 0 Å². The second-order valence-corrected chi connectivity index (χ2v) is 6.86. The Bertz CT molecular complexity index is 703. The number of nitrogens with zero attached hydrogens (tertiary/aromatic N) is 3. The van der Waals surface area contributed by atoms with Crippen molar-refractivity contribution in [1.29, 1.82) is 0 Å². The molecule has 2 aromatic heterocycles. The Kier molecular flexibility index (Phi) is 2.88. The van der Waals surface area contributed by atoms with Gasteiger partial charge in [-0.1, -0.05) is 25.4 Å². The van der Waals surface area contributed by atoms with Gasteiger partial charge < -0.3 is 10.2 Å². The van der Waals surface area contributed by atoms with Crippen LogP contribution in [0, 0.1) is 0 Å². The van der Waals surface area contributed by atoms with Crippen molar-refractivity contribution in [2.45, 2.75) is 31.7 Å². The quantitative estimate of drug-likeness (QED) is 0.866. The summed E-state index contributed by atoms with van der Waals surface area (Å²) < 4.78 is 0. The summed E-state index contributed by atoms with van der Waals surface area (Å²) in [7, 11) is 0. The van der Waals surface area contributed by atoms with E-state index in [9.17, 15) is 0 Å². The molecule has 1 spiro atoms. The van der Waals surface area contributed by atoms with Crippen molar-refractivity contribution >= 4 is 28.2 Å². The maximum absolute atomic E-state index is 6.11. The van der Waals surface area contributed by atoms with Crippen LogP contribution in [0.15, 0.2) is 18.5 Å². The van der Waals surface area contributed by atoms with E-state index in [2.05, 4.69) is 29.0 Å². The summed E-state index contributed by atoms with van der Waals surface area (Å²) in [5.74, 6) is 1.48. The average molecular weight is 303 g/mol. The number of hydrogen-bond acceptors (Lipinski definition) is 4. The number of rotatable bonds is 2. The largest absolute Gasteiger partial charge is 0.348 e. The smallest absolute Gasteiger partial charge is 0.138 e. The Labute approximate surface area is 129 Å². The van der Waals surface area contributed by atoms with E-state index in [0.717, 1.165) is 30.8 Å². The molecule has 0 saturated carbocycles. The van der Waals surface area contributed by atoms with E-state index in [-0.39, 0.29) is 0 Å². The Balaban J connectivity index is 1.89. The highest BCUT2D eigenvalue weighted by molar-refractivity contribution is 6.30. The SMILES string of the molecule is CC(C)c1cnc(N2CCC23CNC3)c2cnc(Cl)cc12. The van der Waals surface area contributed by atoms with Gasteiger partial charge in [0, 0.05) is 37.4 Å². The minimum absolute atomic E-state index is 0.291. The summed E-state index contributed by atoms with van der Waals surface area (Å²) >= 11 is 6.11. The van der Waals surface area contributed by atoms with Gasteiger partial charge in [0.25, 0.3) is 0 Å². The van der Waals surface area contributed by atoms with Gasteiger partial charge in [0.1, 0.15) is 11.0 Å². The topological polar surface area (TPSA) is 41.1 Å². The van der Waals surface area contributed by atoms with E-state index < -0.39 is 0 Å². The molecule has 5 heteroatoms. The molecule has 0 unspecified atom stereocenters. The predicted molar refractivity (Wildman–Crippen MR) is 86.2 cm³/mol. The number of pyridine rings is 2. The summed E-state index contributed by atoms with van der Waals surface area (Å²) in [5.41, 5.74) is 1.53. The number of fused-ring (bicyclic) bond motifs is 1. The van der Waals surface area contributed by atoms with Gasteiger partial charge in [0.2, 0.25) is 0 Å². The summed E-state index contributed by atoms with van der Waals surface area (Å²) in [6.45, 7) is 7.57. The van der Waals surface area contributed by atoms with E-state index in [4.69, 9.17) is 16.6 Å². The molecule has 4 nitrogen and oxygen atoms in total. The highest BCUT2D eigenvalue weighted by Gasteiger charge is 2.50. The molecule has 0 bridgehead atoms. The maximum Gasteiger partial charge on any atom is 0.138 e. The van der Waals surface area contributed by atoms with Crippen molar-refractivity contribution in [3.05, 3.63) is 29.2 Å². The van der Waals surface area contributed by atoms with E-state index >= 15 is 0 Å². The first-order chi connectivity index (χ1) is 10.1. The fourth-order valence-electron chi connectivity index (χ4n) is 3.44. The van der Waals surface area contributed by atoms with Crippen LogP contribution in [-0.4, -0.2) is 35.1 Å². The third-order valence-electron chi connectivity index (χ3n) is 4.91. The molecule has 4 rings (SSSR count). The zero-order chi connectivity index (χ0) is 14.6. The van der Waals surface area contributed by atoms with E-state index in [1.807, 2.05) is 18.5 Å². The first kappa shape index (κ1) is 13.3. The third kappa shape index (κ3) is 1.86. The van der Waals surface area contributed by atoms with Crippen LogP contribution in [0.25, 0.3) is 10.8 Å². The lowest BCUT2D eigenvalue weighted by atomic mass is 9.79. The summed E-state index contributed by atoms with van der Waals surface area (Å²) in [6, 6.07) is 1.98. The molecule has 2 aromatic rings. The zero-order valence-corrected chi connectivity index (χ0v) is 13.1. The standard InChI is InChI=1S/C16H19ClN4/c1-10(2)12-6-20-15(13-7-19-14(17)5-11(12)13)21-4-3-16(21)8-18-9-16/h5-7,10,18H,3-4,8-9H2,1-2H3. The highest BCUT2D eigenvalue weighted by atomic mass is 35.5. The van der Waals surface area contributed by atoms with E-state index in [1.54, 1.807) is 0 Å². The molecular weight excluding hydrogens is 284 g/mol. The molecule has 2 fully saturated rings. The van der Waals surface area contributed by atoms with Crippen molar-refractivity contribution in [2.24, 2.45) is 0 Å². The lowest BCUT2D eigenvalue weighted by molar-refractivity contribution is 0.178. The molecule has 4 heterocycles. The fraction of sp³-hybridized carbons (Fsp3) is 0.500. The van der Waals surface area contributed by atoms with Gasteiger partial charge in [0.05, 0.1) is 5.54 Å². The fourth-order valence-corrected chi connectivity index (χ4v) is 3.60. The molecule has 0 atom stereocenters. The molecule has 0 amide bonds. The van der Waals surface area contributed by atoms with Gasteiger partial charge >= 0.3 is 0 Å². The van der Waals surface area contributed by atoms with Crippen LogP contribution in [0.4, 0.5) is 5.82 Å². The molecule has 2 aliphatic rings. The van der Waals surface area contributed by atoms with Crippen LogP contribution in [0.5, 0.6) is 0 Å². The minimum Gasteiger partial charge on any atom is -0.348 e. The Hall–Kier alpha value is -1.39. The van der Waals surface area contributed by atoms with Crippen LogP contribution >= 0.6 is 11.6 Å². The summed E-state index contributed by atoms with van der Waals surface area (Å²) in [4.78, 5) is 11.5. The van der Waals surface area contributed by atoms with Gasteiger partial charge in [-0.25, -0.2) is 9.97 Å². The monoisotopic (exact) mass is 302 g/mol. The normalized spacial score (nSPS) is 19.9. The lowest BCUT2D eigenvalue weighted by Crippen LogP contribution is -2.76.